The minimum atomic E-state index is -3.87. The Morgan fingerprint density at radius 1 is 1.45 bits per heavy atom. The Morgan fingerprint density at radius 3 is 2.70 bits per heavy atom. The number of hydrogen-bond acceptors (Lipinski definition) is 4. The van der Waals surface area contributed by atoms with Gasteiger partial charge >= 0.3 is 0 Å². The van der Waals surface area contributed by atoms with E-state index in [1.807, 2.05) is 0 Å². The SMILES string of the molecule is CNC(=O)CNS(=O)(=O)c1ccc(C#CCO)cc1Cl. The number of carbonyl (C=O) groups excluding carboxylic acids is 1. The third kappa shape index (κ3) is 4.51. The molecule has 20 heavy (non-hydrogen) atoms. The molecule has 0 aliphatic carbocycles. The number of aliphatic hydroxyl groups is 1. The summed E-state index contributed by atoms with van der Waals surface area (Å²) in [4.78, 5) is 10.9. The minimum absolute atomic E-state index is 0.0147. The second-order valence-electron chi connectivity index (χ2n) is 3.60. The van der Waals surface area contributed by atoms with E-state index >= 15 is 0 Å². The van der Waals surface area contributed by atoms with Gasteiger partial charge in [-0.1, -0.05) is 23.4 Å². The molecule has 1 aromatic rings. The number of rotatable bonds is 4. The highest BCUT2D eigenvalue weighted by molar-refractivity contribution is 7.89. The molecule has 0 spiro atoms. The summed E-state index contributed by atoms with van der Waals surface area (Å²) in [5, 5.41) is 10.9. The van der Waals surface area contributed by atoms with E-state index in [4.69, 9.17) is 16.7 Å². The number of nitrogens with one attached hydrogen (secondary N) is 2. The van der Waals surface area contributed by atoms with E-state index in [0.29, 0.717) is 5.56 Å². The lowest BCUT2D eigenvalue weighted by Crippen LogP contribution is -2.35. The molecular formula is C12H13ClN2O4S. The van der Waals surface area contributed by atoms with Crippen molar-refractivity contribution in [3.05, 3.63) is 28.8 Å². The second kappa shape index (κ2) is 7.26. The predicted molar refractivity (Wildman–Crippen MR) is 74.7 cm³/mol. The van der Waals surface area contributed by atoms with E-state index in [-0.39, 0.29) is 23.1 Å². The first-order valence-corrected chi connectivity index (χ1v) is 7.36. The highest BCUT2D eigenvalue weighted by Gasteiger charge is 2.18. The molecule has 0 aliphatic rings. The highest BCUT2D eigenvalue weighted by atomic mass is 35.5. The topological polar surface area (TPSA) is 95.5 Å². The molecule has 0 bridgehead atoms. The van der Waals surface area contributed by atoms with Gasteiger partial charge in [0.1, 0.15) is 11.5 Å². The van der Waals surface area contributed by atoms with Gasteiger partial charge < -0.3 is 10.4 Å². The zero-order chi connectivity index (χ0) is 15.2. The Labute approximate surface area is 122 Å². The molecule has 1 rings (SSSR count). The molecule has 0 saturated heterocycles. The van der Waals surface area contributed by atoms with Crippen molar-refractivity contribution in [2.24, 2.45) is 0 Å². The van der Waals surface area contributed by atoms with E-state index in [1.54, 1.807) is 0 Å². The Bertz CT molecular complexity index is 662. The Kier molecular flexibility index (Phi) is 5.98. The maximum absolute atomic E-state index is 11.9. The fourth-order valence-corrected chi connectivity index (χ4v) is 2.79. The molecule has 108 valence electrons. The van der Waals surface area contributed by atoms with Gasteiger partial charge in [0.2, 0.25) is 15.9 Å². The number of benzene rings is 1. The lowest BCUT2D eigenvalue weighted by Gasteiger charge is -2.08. The zero-order valence-corrected chi connectivity index (χ0v) is 12.2. The maximum Gasteiger partial charge on any atom is 0.242 e. The summed E-state index contributed by atoms with van der Waals surface area (Å²) < 4.78 is 26.0. The van der Waals surface area contributed by atoms with Crippen molar-refractivity contribution in [2.45, 2.75) is 4.90 Å². The van der Waals surface area contributed by atoms with E-state index < -0.39 is 15.9 Å². The summed E-state index contributed by atoms with van der Waals surface area (Å²) in [5.41, 5.74) is 0.481. The average Bonchev–Trinajstić information content (AvgIpc) is 2.42. The highest BCUT2D eigenvalue weighted by Crippen LogP contribution is 2.22. The number of aliphatic hydroxyl groups excluding tert-OH is 1. The molecule has 0 fully saturated rings. The summed E-state index contributed by atoms with van der Waals surface area (Å²) in [7, 11) is -2.47. The van der Waals surface area contributed by atoms with Crippen LogP contribution in [0.4, 0.5) is 0 Å². The van der Waals surface area contributed by atoms with Crippen molar-refractivity contribution in [2.75, 3.05) is 20.2 Å². The molecule has 1 amide bonds. The lowest BCUT2D eigenvalue weighted by molar-refractivity contribution is -0.119. The average molecular weight is 317 g/mol. The van der Waals surface area contributed by atoms with Crippen LogP contribution in [0.1, 0.15) is 5.56 Å². The normalized spacial score (nSPS) is 10.6. The van der Waals surface area contributed by atoms with Gasteiger partial charge in [-0.05, 0) is 18.2 Å². The standard InChI is InChI=1S/C12H13ClN2O4S/c1-14-12(17)8-15-20(18,19)11-5-4-9(3-2-6-16)7-10(11)13/h4-5,7,15-16H,6,8H2,1H3,(H,14,17). The predicted octanol–water partition coefficient (Wildman–Crippen LogP) is -0.292. The summed E-state index contributed by atoms with van der Waals surface area (Å²) in [6.07, 6.45) is 0. The van der Waals surface area contributed by atoms with Crippen LogP contribution in [0.3, 0.4) is 0 Å². The van der Waals surface area contributed by atoms with Crippen molar-refractivity contribution in [1.29, 1.82) is 0 Å². The molecule has 0 heterocycles. The quantitative estimate of drug-likeness (QED) is 0.665. The summed E-state index contributed by atoms with van der Waals surface area (Å²) in [6.45, 7) is -0.674. The molecule has 0 unspecified atom stereocenters. The van der Waals surface area contributed by atoms with Gasteiger partial charge in [0.05, 0.1) is 11.6 Å². The van der Waals surface area contributed by atoms with Gasteiger partial charge in [-0.3, -0.25) is 4.79 Å². The first-order chi connectivity index (χ1) is 9.40. The van der Waals surface area contributed by atoms with Gasteiger partial charge in [0.25, 0.3) is 0 Å². The van der Waals surface area contributed by atoms with Crippen molar-refractivity contribution in [3.8, 4) is 11.8 Å². The smallest absolute Gasteiger partial charge is 0.242 e. The van der Waals surface area contributed by atoms with Crippen molar-refractivity contribution >= 4 is 27.5 Å². The molecule has 0 atom stereocenters. The molecule has 1 aromatic carbocycles. The monoisotopic (exact) mass is 316 g/mol. The van der Waals surface area contributed by atoms with Gasteiger partial charge in [0.15, 0.2) is 0 Å². The van der Waals surface area contributed by atoms with Crippen LogP contribution in [0.2, 0.25) is 5.02 Å². The van der Waals surface area contributed by atoms with Crippen LogP contribution in [-0.4, -0.2) is 39.6 Å². The molecule has 0 aromatic heterocycles. The van der Waals surface area contributed by atoms with Gasteiger partial charge in [-0.2, -0.15) is 0 Å². The molecule has 0 saturated carbocycles. The largest absolute Gasteiger partial charge is 0.384 e. The number of sulfonamides is 1. The number of amides is 1. The van der Waals surface area contributed by atoms with Crippen LogP contribution >= 0.6 is 11.6 Å². The van der Waals surface area contributed by atoms with E-state index in [2.05, 4.69) is 21.9 Å². The molecule has 8 heteroatoms. The molecule has 3 N–H and O–H groups in total. The van der Waals surface area contributed by atoms with Gasteiger partial charge in [-0.25, -0.2) is 13.1 Å². The first-order valence-electron chi connectivity index (χ1n) is 5.50. The molecular weight excluding hydrogens is 304 g/mol. The molecule has 0 aliphatic heterocycles. The third-order valence-corrected chi connectivity index (χ3v) is 4.12. The fourth-order valence-electron chi connectivity index (χ4n) is 1.26. The number of carbonyl (C=O) groups is 1. The van der Waals surface area contributed by atoms with Crippen LogP contribution in [-0.2, 0) is 14.8 Å². The van der Waals surface area contributed by atoms with Crippen LogP contribution < -0.4 is 10.0 Å². The number of likely N-dealkylation sites (N-methyl/N-ethyl adjacent to an activating group) is 1. The molecule has 0 radical (unpaired) electrons. The number of hydrogen-bond donors (Lipinski definition) is 3. The van der Waals surface area contributed by atoms with E-state index in [1.165, 1.54) is 25.2 Å². The zero-order valence-electron chi connectivity index (χ0n) is 10.6. The Hall–Kier alpha value is -1.59. The van der Waals surface area contributed by atoms with E-state index in [9.17, 15) is 13.2 Å². The van der Waals surface area contributed by atoms with Crippen molar-refractivity contribution in [1.82, 2.24) is 10.0 Å². The first kappa shape index (κ1) is 16.5. The molecule has 6 nitrogen and oxygen atoms in total. The second-order valence-corrected chi connectivity index (χ2v) is 5.75. The fraction of sp³-hybridized carbons (Fsp3) is 0.250. The maximum atomic E-state index is 11.9. The summed E-state index contributed by atoms with van der Waals surface area (Å²) in [6, 6.07) is 4.12. The van der Waals surface area contributed by atoms with Crippen molar-refractivity contribution < 1.29 is 18.3 Å². The van der Waals surface area contributed by atoms with E-state index in [0.717, 1.165) is 0 Å². The minimum Gasteiger partial charge on any atom is -0.384 e. The van der Waals surface area contributed by atoms with Crippen molar-refractivity contribution in [3.63, 3.8) is 0 Å². The lowest BCUT2D eigenvalue weighted by atomic mass is 10.2. The Morgan fingerprint density at radius 2 is 2.15 bits per heavy atom. The van der Waals surface area contributed by atoms with Gasteiger partial charge in [0, 0.05) is 12.6 Å². The van der Waals surface area contributed by atoms with Crippen LogP contribution in [0.25, 0.3) is 0 Å². The third-order valence-electron chi connectivity index (χ3n) is 2.23. The Balaban J connectivity index is 2.99. The van der Waals surface area contributed by atoms with Crippen LogP contribution in [0.5, 0.6) is 0 Å². The van der Waals surface area contributed by atoms with Gasteiger partial charge in [-0.15, -0.1) is 0 Å². The van der Waals surface area contributed by atoms with Crippen LogP contribution in [0, 0.1) is 11.8 Å². The number of halogens is 1. The summed E-state index contributed by atoms with van der Waals surface area (Å²) >= 11 is 5.89. The summed E-state index contributed by atoms with van der Waals surface area (Å²) in [5.74, 6) is 4.57. The van der Waals surface area contributed by atoms with Crippen LogP contribution in [0.15, 0.2) is 23.1 Å².